The Labute approximate surface area is 217 Å². The molecule has 0 aliphatic carbocycles. The Balaban J connectivity index is 1.70. The summed E-state index contributed by atoms with van der Waals surface area (Å²) < 4.78 is 17.2. The van der Waals surface area contributed by atoms with Crippen molar-refractivity contribution in [2.75, 3.05) is 20.8 Å². The fourth-order valence-electron chi connectivity index (χ4n) is 3.49. The van der Waals surface area contributed by atoms with E-state index in [1.165, 1.54) is 11.8 Å². The van der Waals surface area contributed by atoms with Crippen LogP contribution >= 0.6 is 27.7 Å². The van der Waals surface area contributed by atoms with Gasteiger partial charge in [0.05, 0.1) is 38.0 Å². The number of amides is 1. The van der Waals surface area contributed by atoms with Crippen molar-refractivity contribution in [2.24, 2.45) is 4.99 Å². The van der Waals surface area contributed by atoms with E-state index in [0.29, 0.717) is 34.7 Å². The van der Waals surface area contributed by atoms with Gasteiger partial charge in [-0.05, 0) is 72.3 Å². The monoisotopic (exact) mass is 552 g/mol. The van der Waals surface area contributed by atoms with E-state index < -0.39 is 0 Å². The zero-order valence-corrected chi connectivity index (χ0v) is 22.1. The summed E-state index contributed by atoms with van der Waals surface area (Å²) in [6.45, 7) is 2.84. The van der Waals surface area contributed by atoms with Gasteiger partial charge in [-0.3, -0.25) is 9.69 Å². The number of halogens is 1. The summed E-state index contributed by atoms with van der Waals surface area (Å²) in [6, 6.07) is 21.0. The van der Waals surface area contributed by atoms with Crippen molar-refractivity contribution < 1.29 is 19.0 Å². The lowest BCUT2D eigenvalue weighted by molar-refractivity contribution is -0.122. The normalized spacial score (nSPS) is 15.7. The third-order valence-electron chi connectivity index (χ3n) is 5.24. The maximum atomic E-state index is 13.5. The molecule has 0 N–H and O–H groups in total. The lowest BCUT2D eigenvalue weighted by atomic mass is 10.1. The van der Waals surface area contributed by atoms with Gasteiger partial charge in [0.15, 0.2) is 16.7 Å². The van der Waals surface area contributed by atoms with Crippen LogP contribution in [0, 0.1) is 0 Å². The molecular weight excluding hydrogens is 528 g/mol. The molecule has 1 aliphatic heterocycles. The molecule has 0 spiro atoms. The van der Waals surface area contributed by atoms with Crippen LogP contribution in [-0.2, 0) is 11.3 Å². The second-order valence-corrected chi connectivity index (χ2v) is 9.40. The Morgan fingerprint density at radius 2 is 1.74 bits per heavy atom. The van der Waals surface area contributed by atoms with E-state index in [4.69, 9.17) is 19.2 Å². The number of nitrogens with zero attached hydrogens (tertiary/aromatic N) is 2. The number of carbonyl (C=O) groups is 1. The molecule has 1 heterocycles. The Bertz CT molecular complexity index is 1260. The van der Waals surface area contributed by atoms with Crippen LogP contribution in [-0.4, -0.2) is 36.8 Å². The number of aliphatic imine (C=N–C) groups is 1. The second-order valence-electron chi connectivity index (χ2n) is 7.54. The van der Waals surface area contributed by atoms with Crippen molar-refractivity contribution >= 4 is 50.5 Å². The first-order valence-electron chi connectivity index (χ1n) is 11.0. The molecule has 0 bridgehead atoms. The Hall–Kier alpha value is -3.23. The lowest BCUT2D eigenvalue weighted by Gasteiger charge is -2.16. The molecule has 0 saturated carbocycles. The molecule has 180 valence electrons. The first kappa shape index (κ1) is 24.9. The van der Waals surface area contributed by atoms with Crippen LogP contribution in [0.3, 0.4) is 0 Å². The Morgan fingerprint density at radius 3 is 2.40 bits per heavy atom. The summed E-state index contributed by atoms with van der Waals surface area (Å²) in [7, 11) is 3.23. The fourth-order valence-corrected chi connectivity index (χ4v) is 4.91. The summed E-state index contributed by atoms with van der Waals surface area (Å²) in [5.41, 5.74) is 2.57. The van der Waals surface area contributed by atoms with Crippen LogP contribution in [0.1, 0.15) is 18.1 Å². The number of hydrogen-bond donors (Lipinski definition) is 0. The highest BCUT2D eigenvalue weighted by Crippen LogP contribution is 2.39. The maximum Gasteiger partial charge on any atom is 0.267 e. The molecule has 0 radical (unpaired) electrons. The molecular formula is C27H25BrN2O4S. The highest BCUT2D eigenvalue weighted by molar-refractivity contribution is 9.10. The number of amidine groups is 1. The van der Waals surface area contributed by atoms with Gasteiger partial charge in [-0.25, -0.2) is 4.99 Å². The summed E-state index contributed by atoms with van der Waals surface area (Å²) in [6.07, 6.45) is 1.85. The number of para-hydroxylation sites is 1. The SMILES string of the molecule is CCOc1cc(Br)c(/C=C2\SC(=Nc3ccccc3)N(Cc3ccc(OC)cc3)C2=O)cc1OC. The van der Waals surface area contributed by atoms with Gasteiger partial charge in [0, 0.05) is 4.47 Å². The molecule has 1 aliphatic rings. The summed E-state index contributed by atoms with van der Waals surface area (Å²) in [5, 5.41) is 0.622. The fraction of sp³-hybridized carbons (Fsp3) is 0.185. The zero-order chi connectivity index (χ0) is 24.8. The number of thioether (sulfide) groups is 1. The van der Waals surface area contributed by atoms with Gasteiger partial charge in [0.25, 0.3) is 5.91 Å². The van der Waals surface area contributed by atoms with Crippen LogP contribution in [0.25, 0.3) is 6.08 Å². The molecule has 1 saturated heterocycles. The highest BCUT2D eigenvalue weighted by atomic mass is 79.9. The third-order valence-corrected chi connectivity index (χ3v) is 6.93. The van der Waals surface area contributed by atoms with E-state index in [1.807, 2.05) is 79.7 Å². The predicted molar refractivity (Wildman–Crippen MR) is 145 cm³/mol. The lowest BCUT2D eigenvalue weighted by Crippen LogP contribution is -2.28. The van der Waals surface area contributed by atoms with E-state index in [0.717, 1.165) is 27.0 Å². The Kier molecular flexibility index (Phi) is 8.15. The quantitative estimate of drug-likeness (QED) is 0.292. The van der Waals surface area contributed by atoms with Crippen molar-refractivity contribution in [2.45, 2.75) is 13.5 Å². The molecule has 1 amide bonds. The Morgan fingerprint density at radius 1 is 1.00 bits per heavy atom. The highest BCUT2D eigenvalue weighted by Gasteiger charge is 2.33. The maximum absolute atomic E-state index is 13.5. The number of methoxy groups -OCH3 is 2. The number of hydrogen-bond acceptors (Lipinski definition) is 6. The van der Waals surface area contributed by atoms with Crippen LogP contribution in [0.15, 0.2) is 81.1 Å². The van der Waals surface area contributed by atoms with Gasteiger partial charge in [0.1, 0.15) is 5.75 Å². The zero-order valence-electron chi connectivity index (χ0n) is 19.7. The molecule has 8 heteroatoms. The van der Waals surface area contributed by atoms with Crippen LogP contribution in [0.5, 0.6) is 17.2 Å². The largest absolute Gasteiger partial charge is 0.497 e. The van der Waals surface area contributed by atoms with Crippen LogP contribution in [0.4, 0.5) is 5.69 Å². The van der Waals surface area contributed by atoms with Crippen LogP contribution in [0.2, 0.25) is 0 Å². The first-order valence-corrected chi connectivity index (χ1v) is 12.6. The van der Waals surface area contributed by atoms with E-state index in [-0.39, 0.29) is 5.91 Å². The minimum Gasteiger partial charge on any atom is -0.497 e. The van der Waals surface area contributed by atoms with Gasteiger partial charge in [0.2, 0.25) is 0 Å². The average Bonchev–Trinajstić information content (AvgIpc) is 3.15. The number of carbonyl (C=O) groups excluding carboxylic acids is 1. The minimum atomic E-state index is -0.111. The first-order chi connectivity index (χ1) is 17.0. The van der Waals surface area contributed by atoms with Gasteiger partial charge < -0.3 is 14.2 Å². The van der Waals surface area contributed by atoms with E-state index in [9.17, 15) is 4.79 Å². The van der Waals surface area contributed by atoms with Crippen molar-refractivity contribution in [1.29, 1.82) is 0 Å². The van der Waals surface area contributed by atoms with Crippen LogP contribution < -0.4 is 14.2 Å². The number of rotatable bonds is 8. The number of benzene rings is 3. The van der Waals surface area contributed by atoms with Crippen molar-refractivity contribution in [3.05, 3.63) is 87.2 Å². The van der Waals surface area contributed by atoms with Gasteiger partial charge in [-0.15, -0.1) is 0 Å². The smallest absolute Gasteiger partial charge is 0.267 e. The molecule has 35 heavy (non-hydrogen) atoms. The van der Waals surface area contributed by atoms with Gasteiger partial charge >= 0.3 is 0 Å². The molecule has 0 unspecified atom stereocenters. The molecule has 4 rings (SSSR count). The van der Waals surface area contributed by atoms with Gasteiger partial charge in [-0.2, -0.15) is 0 Å². The predicted octanol–water partition coefficient (Wildman–Crippen LogP) is 6.67. The van der Waals surface area contributed by atoms with E-state index in [2.05, 4.69) is 15.9 Å². The average molecular weight is 553 g/mol. The molecule has 6 nitrogen and oxygen atoms in total. The molecule has 0 aromatic heterocycles. The van der Waals surface area contributed by atoms with Gasteiger partial charge in [-0.1, -0.05) is 46.3 Å². The third kappa shape index (κ3) is 5.89. The molecule has 3 aromatic carbocycles. The standard InChI is InChI=1S/C27H25BrN2O4S/c1-4-34-24-16-22(28)19(14-23(24)33-3)15-25-26(31)30(17-18-10-12-21(32-2)13-11-18)27(35-25)29-20-8-6-5-7-9-20/h5-16H,4,17H2,1-3H3/b25-15-,29-27?. The van der Waals surface area contributed by atoms with Crippen molar-refractivity contribution in [1.82, 2.24) is 4.90 Å². The summed E-state index contributed by atoms with van der Waals surface area (Å²) in [4.78, 5) is 20.6. The molecule has 3 aromatic rings. The van der Waals surface area contributed by atoms with E-state index >= 15 is 0 Å². The van der Waals surface area contributed by atoms with E-state index in [1.54, 1.807) is 19.1 Å². The second kappa shape index (κ2) is 11.5. The minimum absolute atomic E-state index is 0.111. The summed E-state index contributed by atoms with van der Waals surface area (Å²) >= 11 is 4.95. The number of ether oxygens (including phenoxy) is 3. The van der Waals surface area contributed by atoms with Crippen molar-refractivity contribution in [3.8, 4) is 17.2 Å². The van der Waals surface area contributed by atoms with Crippen molar-refractivity contribution in [3.63, 3.8) is 0 Å². The molecule has 0 atom stereocenters. The summed E-state index contributed by atoms with van der Waals surface area (Å²) in [5.74, 6) is 1.90. The topological polar surface area (TPSA) is 60.4 Å². The molecule has 1 fully saturated rings.